The fourth-order valence-corrected chi connectivity index (χ4v) is 8.52. The van der Waals surface area contributed by atoms with Crippen LogP contribution in [-0.4, -0.2) is 66.5 Å². The lowest BCUT2D eigenvalue weighted by molar-refractivity contribution is -0.161. The molecule has 0 spiro atoms. The van der Waals surface area contributed by atoms with E-state index >= 15 is 0 Å². The molecule has 2 N–H and O–H groups in total. The number of hydrogen-bond acceptors (Lipinski definition) is 10. The van der Waals surface area contributed by atoms with Crippen molar-refractivity contribution in [1.29, 1.82) is 0 Å². The van der Waals surface area contributed by atoms with Crippen LogP contribution in [0.15, 0.2) is 36.5 Å². The van der Waals surface area contributed by atoms with E-state index < -0.39 is 57.8 Å². The number of carbonyl (C=O) groups is 3. The van der Waals surface area contributed by atoms with Gasteiger partial charge in [0.15, 0.2) is 6.10 Å². The molecule has 0 aliphatic carbocycles. The average molecular weight is 983 g/mol. The lowest BCUT2D eigenvalue weighted by atomic mass is 10.0. The minimum Gasteiger partial charge on any atom is -0.462 e. The summed E-state index contributed by atoms with van der Waals surface area (Å²) in [5.74, 6) is -1.48. The van der Waals surface area contributed by atoms with E-state index in [0.29, 0.717) is 19.3 Å². The van der Waals surface area contributed by atoms with E-state index in [-0.39, 0.29) is 25.9 Å². The lowest BCUT2D eigenvalue weighted by Crippen LogP contribution is -2.30. The number of hydrogen-bond donors (Lipinski definition) is 2. The Morgan fingerprint density at radius 3 is 1.15 bits per heavy atom. The van der Waals surface area contributed by atoms with Crippen LogP contribution in [0.3, 0.4) is 0 Å². The number of aliphatic hydroxyl groups excluding tert-OH is 1. The minimum atomic E-state index is -4.74. The van der Waals surface area contributed by atoms with Crippen LogP contribution < -0.4 is 0 Å². The number of ether oxygens (including phenoxy) is 3. The summed E-state index contributed by atoms with van der Waals surface area (Å²) in [7, 11) is -4.74. The zero-order chi connectivity index (χ0) is 49.9. The highest BCUT2D eigenvalue weighted by Gasteiger charge is 2.28. The zero-order valence-corrected chi connectivity index (χ0v) is 44.7. The summed E-state index contributed by atoms with van der Waals surface area (Å²) in [4.78, 5) is 48.4. The van der Waals surface area contributed by atoms with Gasteiger partial charge in [-0.3, -0.25) is 23.4 Å². The molecule has 11 nitrogen and oxygen atoms in total. The molecule has 0 aliphatic rings. The maximum absolute atomic E-state index is 12.9. The summed E-state index contributed by atoms with van der Waals surface area (Å²) in [5, 5.41) is 9.79. The highest BCUT2D eigenvalue weighted by molar-refractivity contribution is 7.47. The smallest absolute Gasteiger partial charge is 0.462 e. The molecule has 3 atom stereocenters. The molecule has 0 amide bonds. The Bertz CT molecular complexity index is 1280. The predicted molar refractivity (Wildman–Crippen MR) is 279 cm³/mol. The molecule has 0 saturated carbocycles. The van der Waals surface area contributed by atoms with E-state index in [1.165, 1.54) is 103 Å². The predicted octanol–water partition coefficient (Wildman–Crippen LogP) is 16.0. The third-order valence-electron chi connectivity index (χ3n) is 12.0. The summed E-state index contributed by atoms with van der Waals surface area (Å²) in [6.07, 6.45) is 51.0. The fraction of sp³-hybridized carbons (Fsp3) is 0.839. The summed E-state index contributed by atoms with van der Waals surface area (Å²) in [5.41, 5.74) is 0. The summed E-state index contributed by atoms with van der Waals surface area (Å²) >= 11 is 0. The third-order valence-corrected chi connectivity index (χ3v) is 13.0. The van der Waals surface area contributed by atoms with Crippen molar-refractivity contribution in [3.63, 3.8) is 0 Å². The molecule has 398 valence electrons. The molecule has 0 fully saturated rings. The van der Waals surface area contributed by atoms with Crippen LogP contribution in [0.5, 0.6) is 0 Å². The van der Waals surface area contributed by atoms with E-state index in [4.69, 9.17) is 23.3 Å². The number of unbranched alkanes of at least 4 members (excludes halogenated alkanes) is 29. The van der Waals surface area contributed by atoms with Crippen LogP contribution >= 0.6 is 7.82 Å². The van der Waals surface area contributed by atoms with Crippen LogP contribution in [0, 0.1) is 0 Å². The maximum atomic E-state index is 12.9. The van der Waals surface area contributed by atoms with Crippen molar-refractivity contribution in [2.24, 2.45) is 0 Å². The molecule has 0 saturated heterocycles. The quantitative estimate of drug-likeness (QED) is 0.0197. The first kappa shape index (κ1) is 65.7. The van der Waals surface area contributed by atoms with E-state index in [0.717, 1.165) is 103 Å². The van der Waals surface area contributed by atoms with Gasteiger partial charge >= 0.3 is 25.7 Å². The first-order chi connectivity index (χ1) is 33.2. The number of phosphoric ester groups is 1. The number of esters is 3. The Kier molecular flexibility index (Phi) is 49.3. The molecule has 0 radical (unpaired) electrons. The standard InChI is InChI=1S/C56H103O11P/c1-4-7-10-13-16-19-22-25-26-29-32-35-38-41-44-47-56(60)67-53(49-63-54(58)45-42-39-36-33-30-27-23-20-17-14-11-8-5-2)51-65-68(61,62)64-50-52(48-57)66-55(59)46-43-40-37-34-31-28-24-21-18-15-12-9-6-3/h16,19-20,23,25-26,52-53,57H,4-15,17-18,21-22,24,27-51H2,1-3H3,(H,61,62)/b19-16-,23-20-,26-25-. The van der Waals surface area contributed by atoms with Crippen molar-refractivity contribution in [3.05, 3.63) is 36.5 Å². The van der Waals surface area contributed by atoms with Crippen molar-refractivity contribution < 1.29 is 52.2 Å². The zero-order valence-electron chi connectivity index (χ0n) is 43.8. The Labute approximate surface area is 416 Å². The average Bonchev–Trinajstić information content (AvgIpc) is 3.32. The first-order valence-corrected chi connectivity index (χ1v) is 29.4. The van der Waals surface area contributed by atoms with Gasteiger partial charge in [0.05, 0.1) is 19.8 Å². The Balaban J connectivity index is 4.74. The second kappa shape index (κ2) is 51.1. The molecule has 68 heavy (non-hydrogen) atoms. The molecule has 0 aliphatic heterocycles. The van der Waals surface area contributed by atoms with Crippen LogP contribution in [0.4, 0.5) is 0 Å². The van der Waals surface area contributed by atoms with Gasteiger partial charge in [-0.25, -0.2) is 4.57 Å². The van der Waals surface area contributed by atoms with E-state index in [1.54, 1.807) is 0 Å². The second-order valence-corrected chi connectivity index (χ2v) is 20.2. The highest BCUT2D eigenvalue weighted by Crippen LogP contribution is 2.43. The van der Waals surface area contributed by atoms with Gasteiger partial charge in [-0.1, -0.05) is 205 Å². The first-order valence-electron chi connectivity index (χ1n) is 27.9. The number of rotatable bonds is 52. The van der Waals surface area contributed by atoms with Gasteiger partial charge in [0.25, 0.3) is 0 Å². The van der Waals surface area contributed by atoms with Crippen LogP contribution in [-0.2, 0) is 42.2 Å². The van der Waals surface area contributed by atoms with Crippen molar-refractivity contribution in [1.82, 2.24) is 0 Å². The van der Waals surface area contributed by atoms with Crippen LogP contribution in [0.1, 0.15) is 265 Å². The molecule has 0 aromatic heterocycles. The number of allylic oxidation sites excluding steroid dienone is 6. The van der Waals surface area contributed by atoms with Crippen molar-refractivity contribution in [2.45, 2.75) is 277 Å². The van der Waals surface area contributed by atoms with Gasteiger partial charge in [0.2, 0.25) is 0 Å². The van der Waals surface area contributed by atoms with Crippen LogP contribution in [0.25, 0.3) is 0 Å². The SMILES string of the molecule is CCCCC/C=C\C/C=C\CCCCCCCC(=O)OC(COC(=O)CCCCCCC/C=C\CCCCCC)COP(=O)(O)OCC(CO)OC(=O)CCCCCCCCCCCCCCC. The van der Waals surface area contributed by atoms with E-state index in [2.05, 4.69) is 57.2 Å². The molecule has 0 rings (SSSR count). The Hall–Kier alpha value is -2.30. The van der Waals surface area contributed by atoms with Gasteiger partial charge in [-0.15, -0.1) is 0 Å². The van der Waals surface area contributed by atoms with Gasteiger partial charge in [-0.05, 0) is 77.0 Å². The largest absolute Gasteiger partial charge is 0.472 e. The van der Waals surface area contributed by atoms with Gasteiger partial charge in [0, 0.05) is 19.3 Å². The summed E-state index contributed by atoms with van der Waals surface area (Å²) in [6, 6.07) is 0. The van der Waals surface area contributed by atoms with Crippen LogP contribution in [0.2, 0.25) is 0 Å². The van der Waals surface area contributed by atoms with Gasteiger partial charge in [0.1, 0.15) is 12.7 Å². The van der Waals surface area contributed by atoms with E-state index in [9.17, 15) is 28.9 Å². The molecule has 0 aromatic carbocycles. The number of phosphoric acid groups is 1. The monoisotopic (exact) mass is 983 g/mol. The maximum Gasteiger partial charge on any atom is 0.472 e. The van der Waals surface area contributed by atoms with Gasteiger partial charge in [-0.2, -0.15) is 0 Å². The molecule has 12 heteroatoms. The number of aliphatic hydroxyl groups is 1. The summed E-state index contributed by atoms with van der Waals surface area (Å²) < 4.78 is 39.4. The molecular weight excluding hydrogens is 880 g/mol. The molecule has 0 bridgehead atoms. The highest BCUT2D eigenvalue weighted by atomic mass is 31.2. The molecule has 0 aromatic rings. The summed E-state index contributed by atoms with van der Waals surface area (Å²) in [6.45, 7) is 4.60. The van der Waals surface area contributed by atoms with Crippen molar-refractivity contribution in [3.8, 4) is 0 Å². The molecule has 0 heterocycles. The Morgan fingerprint density at radius 2 is 0.721 bits per heavy atom. The lowest BCUT2D eigenvalue weighted by Gasteiger charge is -2.21. The fourth-order valence-electron chi connectivity index (χ4n) is 7.73. The molecular formula is C56H103O11P. The third kappa shape index (κ3) is 48.7. The number of carbonyl (C=O) groups excluding carboxylic acids is 3. The topological polar surface area (TPSA) is 155 Å². The second-order valence-electron chi connectivity index (χ2n) is 18.7. The minimum absolute atomic E-state index is 0.153. The van der Waals surface area contributed by atoms with Crippen molar-refractivity contribution in [2.75, 3.05) is 26.4 Å². The molecule has 3 unspecified atom stereocenters. The van der Waals surface area contributed by atoms with E-state index in [1.807, 2.05) is 0 Å². The Morgan fingerprint density at radius 1 is 0.412 bits per heavy atom. The van der Waals surface area contributed by atoms with Crippen molar-refractivity contribution >= 4 is 25.7 Å². The van der Waals surface area contributed by atoms with Gasteiger partial charge < -0.3 is 24.2 Å². The normalized spacial score (nSPS) is 13.7.